The molecule has 2 aromatic rings. The van der Waals surface area contributed by atoms with Crippen LogP contribution in [0.25, 0.3) is 11.4 Å². The molecule has 5 nitrogen and oxygen atoms in total. The van der Waals surface area contributed by atoms with E-state index in [-0.39, 0.29) is 11.5 Å². The third kappa shape index (κ3) is 3.19. The minimum absolute atomic E-state index is 0.154. The number of halogens is 1. The molecule has 1 N–H and O–H groups in total. The first-order valence-electron chi connectivity index (χ1n) is 6.49. The predicted octanol–water partition coefficient (Wildman–Crippen LogP) is 3.23. The van der Waals surface area contributed by atoms with E-state index in [1.165, 1.54) is 20.3 Å². The second kappa shape index (κ2) is 6.18. The average molecular weight is 309 g/mol. The Morgan fingerprint density at radius 1 is 1.19 bits per heavy atom. The molecule has 21 heavy (non-hydrogen) atoms. The summed E-state index contributed by atoms with van der Waals surface area (Å²) in [6, 6.07) is 4.91. The Balaban J connectivity index is 2.62. The Kier molecular flexibility index (Phi) is 4.53. The molecule has 1 heterocycles. The molecule has 0 saturated carbocycles. The van der Waals surface area contributed by atoms with Crippen LogP contribution in [0.5, 0.6) is 11.5 Å². The van der Waals surface area contributed by atoms with Gasteiger partial charge in [0.25, 0.3) is 5.56 Å². The molecule has 112 valence electrons. The normalized spacial score (nSPS) is 10.8. The zero-order valence-corrected chi connectivity index (χ0v) is 13.1. The quantitative estimate of drug-likeness (QED) is 0.942. The second-order valence-electron chi connectivity index (χ2n) is 4.87. The Labute approximate surface area is 127 Å². The molecule has 0 radical (unpaired) electrons. The molecule has 0 unspecified atom stereocenters. The summed E-state index contributed by atoms with van der Waals surface area (Å²) in [5.74, 6) is 1.54. The molecule has 1 aromatic carbocycles. The standard InChI is InChI=1S/C15H17ClN2O3/c1-8(2)11-7-13(19)18-15(17-11)9-5-10(16)14(21-4)12(6-9)20-3/h5-8H,1-4H3,(H,17,18,19). The van der Waals surface area contributed by atoms with Crippen LogP contribution in [-0.4, -0.2) is 24.2 Å². The largest absolute Gasteiger partial charge is 0.493 e. The highest BCUT2D eigenvalue weighted by molar-refractivity contribution is 6.32. The maximum atomic E-state index is 11.8. The number of rotatable bonds is 4. The van der Waals surface area contributed by atoms with Crippen molar-refractivity contribution in [3.8, 4) is 22.9 Å². The topological polar surface area (TPSA) is 64.2 Å². The van der Waals surface area contributed by atoms with Crippen molar-refractivity contribution in [2.75, 3.05) is 14.2 Å². The Morgan fingerprint density at radius 2 is 1.90 bits per heavy atom. The van der Waals surface area contributed by atoms with Crippen LogP contribution >= 0.6 is 11.6 Å². The zero-order valence-electron chi connectivity index (χ0n) is 12.4. The first-order chi connectivity index (χ1) is 9.96. The fourth-order valence-corrected chi connectivity index (χ4v) is 2.25. The van der Waals surface area contributed by atoms with Crippen LogP contribution < -0.4 is 15.0 Å². The van der Waals surface area contributed by atoms with Crippen LogP contribution in [0.4, 0.5) is 0 Å². The summed E-state index contributed by atoms with van der Waals surface area (Å²) in [5.41, 5.74) is 1.19. The number of nitrogens with zero attached hydrogens (tertiary/aromatic N) is 1. The van der Waals surface area contributed by atoms with Crippen molar-refractivity contribution in [1.82, 2.24) is 9.97 Å². The van der Waals surface area contributed by atoms with Gasteiger partial charge in [0.05, 0.1) is 24.9 Å². The van der Waals surface area contributed by atoms with Crippen molar-refractivity contribution in [3.05, 3.63) is 39.3 Å². The van der Waals surface area contributed by atoms with E-state index < -0.39 is 0 Å². The molecule has 6 heteroatoms. The van der Waals surface area contributed by atoms with E-state index in [4.69, 9.17) is 21.1 Å². The lowest BCUT2D eigenvalue weighted by Gasteiger charge is -2.12. The maximum Gasteiger partial charge on any atom is 0.251 e. The van der Waals surface area contributed by atoms with Crippen LogP contribution in [0.3, 0.4) is 0 Å². The summed E-state index contributed by atoms with van der Waals surface area (Å²) in [5, 5.41) is 0.393. The van der Waals surface area contributed by atoms with Crippen molar-refractivity contribution in [3.63, 3.8) is 0 Å². The van der Waals surface area contributed by atoms with Gasteiger partial charge in [-0.25, -0.2) is 4.98 Å². The molecule has 0 fully saturated rings. The lowest BCUT2D eigenvalue weighted by molar-refractivity contribution is 0.355. The van der Waals surface area contributed by atoms with Crippen molar-refractivity contribution in [2.45, 2.75) is 19.8 Å². The summed E-state index contributed by atoms with van der Waals surface area (Å²) in [7, 11) is 3.04. The first kappa shape index (κ1) is 15.4. The van der Waals surface area contributed by atoms with Crippen molar-refractivity contribution >= 4 is 11.6 Å². The van der Waals surface area contributed by atoms with Gasteiger partial charge in [0.2, 0.25) is 0 Å². The Bertz CT molecular complexity index is 711. The van der Waals surface area contributed by atoms with Gasteiger partial charge in [-0.3, -0.25) is 4.79 Å². The highest BCUT2D eigenvalue weighted by Gasteiger charge is 2.14. The van der Waals surface area contributed by atoms with E-state index in [1.807, 2.05) is 13.8 Å². The van der Waals surface area contributed by atoms with Gasteiger partial charge in [0, 0.05) is 11.6 Å². The van der Waals surface area contributed by atoms with Crippen LogP contribution in [0, 0.1) is 0 Å². The summed E-state index contributed by atoms with van der Waals surface area (Å²) in [6.45, 7) is 3.96. The highest BCUT2D eigenvalue weighted by Crippen LogP contribution is 2.38. The third-order valence-corrected chi connectivity index (χ3v) is 3.34. The monoisotopic (exact) mass is 308 g/mol. The number of ether oxygens (including phenoxy) is 2. The van der Waals surface area contributed by atoms with Gasteiger partial charge >= 0.3 is 0 Å². The van der Waals surface area contributed by atoms with Crippen molar-refractivity contribution in [1.29, 1.82) is 0 Å². The molecule has 0 saturated heterocycles. The molecule has 0 atom stereocenters. The molecule has 1 aromatic heterocycles. The number of methoxy groups -OCH3 is 2. The summed E-state index contributed by atoms with van der Waals surface area (Å²) >= 11 is 6.18. The van der Waals surface area contributed by atoms with E-state index in [9.17, 15) is 4.79 Å². The Morgan fingerprint density at radius 3 is 2.48 bits per heavy atom. The van der Waals surface area contributed by atoms with Crippen LogP contribution in [-0.2, 0) is 0 Å². The lowest BCUT2D eigenvalue weighted by Crippen LogP contribution is -2.11. The molecular formula is C15H17ClN2O3. The van der Waals surface area contributed by atoms with Gasteiger partial charge in [-0.15, -0.1) is 0 Å². The molecule has 0 bridgehead atoms. The number of nitrogens with one attached hydrogen (secondary N) is 1. The summed E-state index contributed by atoms with van der Waals surface area (Å²) in [6.07, 6.45) is 0. The van der Waals surface area contributed by atoms with Crippen LogP contribution in [0.1, 0.15) is 25.5 Å². The molecule has 0 aliphatic rings. The molecule has 2 rings (SSSR count). The van der Waals surface area contributed by atoms with Crippen molar-refractivity contribution < 1.29 is 9.47 Å². The van der Waals surface area contributed by atoms with Crippen LogP contribution in [0.15, 0.2) is 23.0 Å². The SMILES string of the molecule is COc1cc(-c2nc(C(C)C)cc(=O)[nH]2)cc(Cl)c1OC. The zero-order chi connectivity index (χ0) is 15.6. The van der Waals surface area contributed by atoms with Gasteiger partial charge in [-0.05, 0) is 18.1 Å². The second-order valence-corrected chi connectivity index (χ2v) is 5.27. The summed E-state index contributed by atoms with van der Waals surface area (Å²) < 4.78 is 10.5. The van der Waals surface area contributed by atoms with E-state index >= 15 is 0 Å². The molecular weight excluding hydrogens is 292 g/mol. The lowest BCUT2D eigenvalue weighted by atomic mass is 10.1. The van der Waals surface area contributed by atoms with E-state index in [1.54, 1.807) is 12.1 Å². The minimum atomic E-state index is -0.199. The number of aromatic amines is 1. The van der Waals surface area contributed by atoms with Gasteiger partial charge in [-0.2, -0.15) is 0 Å². The van der Waals surface area contributed by atoms with Crippen molar-refractivity contribution in [2.24, 2.45) is 0 Å². The summed E-state index contributed by atoms with van der Waals surface area (Å²) in [4.78, 5) is 18.9. The number of benzene rings is 1. The smallest absolute Gasteiger partial charge is 0.251 e. The number of H-pyrrole nitrogens is 1. The van der Waals surface area contributed by atoms with Gasteiger partial charge in [0.15, 0.2) is 11.5 Å². The molecule has 0 spiro atoms. The number of hydrogen-bond donors (Lipinski definition) is 1. The van der Waals surface area contributed by atoms with Gasteiger partial charge < -0.3 is 14.5 Å². The van der Waals surface area contributed by atoms with E-state index in [0.29, 0.717) is 27.9 Å². The van der Waals surface area contributed by atoms with E-state index in [0.717, 1.165) is 5.69 Å². The highest BCUT2D eigenvalue weighted by atomic mass is 35.5. The number of hydrogen-bond acceptors (Lipinski definition) is 4. The van der Waals surface area contributed by atoms with E-state index in [2.05, 4.69) is 9.97 Å². The fourth-order valence-electron chi connectivity index (χ4n) is 1.96. The maximum absolute atomic E-state index is 11.8. The number of aromatic nitrogens is 2. The first-order valence-corrected chi connectivity index (χ1v) is 6.87. The minimum Gasteiger partial charge on any atom is -0.493 e. The predicted molar refractivity (Wildman–Crippen MR) is 82.5 cm³/mol. The van der Waals surface area contributed by atoms with Crippen LogP contribution in [0.2, 0.25) is 5.02 Å². The Hall–Kier alpha value is -2.01. The molecule has 0 aliphatic carbocycles. The van der Waals surface area contributed by atoms with Gasteiger partial charge in [-0.1, -0.05) is 25.4 Å². The average Bonchev–Trinajstić information content (AvgIpc) is 2.45. The fraction of sp³-hybridized carbons (Fsp3) is 0.333. The molecule has 0 amide bonds. The third-order valence-electron chi connectivity index (χ3n) is 3.06. The van der Waals surface area contributed by atoms with Gasteiger partial charge in [0.1, 0.15) is 5.82 Å². The molecule has 0 aliphatic heterocycles.